The SMILES string of the molecule is O=[N+]([O-])c1ccc(C(=CC2CCCCC2)CO)cc1. The van der Waals surface area contributed by atoms with E-state index >= 15 is 0 Å². The molecule has 0 unspecified atom stereocenters. The van der Waals surface area contributed by atoms with Crippen molar-refractivity contribution in [3.63, 3.8) is 0 Å². The predicted molar refractivity (Wildman–Crippen MR) is 74.7 cm³/mol. The van der Waals surface area contributed by atoms with Crippen LogP contribution in [0.4, 0.5) is 5.69 Å². The van der Waals surface area contributed by atoms with Crippen LogP contribution in [0, 0.1) is 16.0 Å². The van der Waals surface area contributed by atoms with Crippen LogP contribution in [0.2, 0.25) is 0 Å². The van der Waals surface area contributed by atoms with Gasteiger partial charge in [-0.15, -0.1) is 0 Å². The molecule has 0 amide bonds. The fourth-order valence-electron chi connectivity index (χ4n) is 2.62. The molecule has 0 saturated heterocycles. The predicted octanol–water partition coefficient (Wildman–Crippen LogP) is 3.55. The molecule has 1 saturated carbocycles. The van der Waals surface area contributed by atoms with Crippen LogP contribution < -0.4 is 0 Å². The molecule has 0 aromatic heterocycles. The molecule has 1 aliphatic carbocycles. The van der Waals surface area contributed by atoms with Crippen LogP contribution in [0.3, 0.4) is 0 Å². The molecule has 4 heteroatoms. The Balaban J connectivity index is 2.16. The number of hydrogen-bond donors (Lipinski definition) is 1. The first-order chi connectivity index (χ1) is 9.20. The summed E-state index contributed by atoms with van der Waals surface area (Å²) < 4.78 is 0. The molecule has 2 rings (SSSR count). The molecule has 4 nitrogen and oxygen atoms in total. The van der Waals surface area contributed by atoms with E-state index in [0.29, 0.717) is 5.92 Å². The van der Waals surface area contributed by atoms with Crippen molar-refractivity contribution in [1.29, 1.82) is 0 Å². The van der Waals surface area contributed by atoms with Crippen LogP contribution in [0.5, 0.6) is 0 Å². The average Bonchev–Trinajstić information content (AvgIpc) is 2.46. The summed E-state index contributed by atoms with van der Waals surface area (Å²) in [6.07, 6.45) is 8.30. The second kappa shape index (κ2) is 6.48. The standard InChI is InChI=1S/C15H19NO3/c17-11-14(10-12-4-2-1-3-5-12)13-6-8-15(9-7-13)16(18)19/h6-10,12,17H,1-5,11H2. The number of benzene rings is 1. The number of allylic oxidation sites excluding steroid dienone is 1. The van der Waals surface area contributed by atoms with Gasteiger partial charge in [0.15, 0.2) is 0 Å². The highest BCUT2D eigenvalue weighted by atomic mass is 16.6. The van der Waals surface area contributed by atoms with Crippen molar-refractivity contribution in [1.82, 2.24) is 0 Å². The first kappa shape index (κ1) is 13.7. The first-order valence-electron chi connectivity index (χ1n) is 6.77. The van der Waals surface area contributed by atoms with Crippen molar-refractivity contribution >= 4 is 11.3 Å². The number of hydrogen-bond acceptors (Lipinski definition) is 3. The lowest BCUT2D eigenvalue weighted by atomic mass is 9.87. The van der Waals surface area contributed by atoms with Crippen molar-refractivity contribution in [2.24, 2.45) is 5.92 Å². The van der Waals surface area contributed by atoms with E-state index in [0.717, 1.165) is 11.1 Å². The molecular formula is C15H19NO3. The topological polar surface area (TPSA) is 63.4 Å². The maximum absolute atomic E-state index is 10.6. The van der Waals surface area contributed by atoms with Crippen molar-refractivity contribution in [3.8, 4) is 0 Å². The molecule has 0 heterocycles. The van der Waals surface area contributed by atoms with Gasteiger partial charge in [0.25, 0.3) is 5.69 Å². The van der Waals surface area contributed by atoms with E-state index in [1.165, 1.54) is 44.2 Å². The first-order valence-corrected chi connectivity index (χ1v) is 6.77. The van der Waals surface area contributed by atoms with Crippen LogP contribution in [-0.4, -0.2) is 16.6 Å². The molecule has 1 aromatic rings. The van der Waals surface area contributed by atoms with Crippen molar-refractivity contribution in [2.45, 2.75) is 32.1 Å². The van der Waals surface area contributed by atoms with Crippen LogP contribution in [-0.2, 0) is 0 Å². The van der Waals surface area contributed by atoms with Gasteiger partial charge in [-0.2, -0.15) is 0 Å². The molecule has 1 fully saturated rings. The van der Waals surface area contributed by atoms with Crippen molar-refractivity contribution in [3.05, 3.63) is 46.0 Å². The Morgan fingerprint density at radius 2 is 1.89 bits per heavy atom. The van der Waals surface area contributed by atoms with Gasteiger partial charge in [0, 0.05) is 12.1 Å². The Morgan fingerprint density at radius 1 is 1.26 bits per heavy atom. The lowest BCUT2D eigenvalue weighted by Crippen LogP contribution is -2.05. The lowest BCUT2D eigenvalue weighted by molar-refractivity contribution is -0.384. The molecule has 0 aliphatic heterocycles. The molecule has 0 atom stereocenters. The maximum Gasteiger partial charge on any atom is 0.269 e. The minimum absolute atomic E-state index is 0.0195. The summed E-state index contributed by atoms with van der Waals surface area (Å²) in [6, 6.07) is 6.39. The van der Waals surface area contributed by atoms with E-state index in [4.69, 9.17) is 0 Å². The number of nitro benzene ring substituents is 1. The number of non-ortho nitro benzene ring substituents is 1. The third kappa shape index (κ3) is 3.64. The summed E-state index contributed by atoms with van der Waals surface area (Å²) >= 11 is 0. The van der Waals surface area contributed by atoms with Crippen molar-refractivity contribution < 1.29 is 10.0 Å². The second-order valence-corrected chi connectivity index (χ2v) is 5.05. The zero-order valence-corrected chi connectivity index (χ0v) is 10.9. The van der Waals surface area contributed by atoms with Gasteiger partial charge in [0.2, 0.25) is 0 Å². The molecular weight excluding hydrogens is 242 g/mol. The average molecular weight is 261 g/mol. The quantitative estimate of drug-likeness (QED) is 0.666. The highest BCUT2D eigenvalue weighted by Crippen LogP contribution is 2.28. The summed E-state index contributed by atoms with van der Waals surface area (Å²) in [4.78, 5) is 10.2. The van der Waals surface area contributed by atoms with Crippen LogP contribution >= 0.6 is 0 Å². The highest BCUT2D eigenvalue weighted by Gasteiger charge is 2.13. The largest absolute Gasteiger partial charge is 0.392 e. The number of nitrogens with zero attached hydrogens (tertiary/aromatic N) is 1. The molecule has 102 valence electrons. The Kier molecular flexibility index (Phi) is 4.68. The minimum Gasteiger partial charge on any atom is -0.392 e. The zero-order valence-electron chi connectivity index (χ0n) is 10.9. The Hall–Kier alpha value is -1.68. The Bertz CT molecular complexity index is 459. The van der Waals surface area contributed by atoms with E-state index in [9.17, 15) is 15.2 Å². The monoisotopic (exact) mass is 261 g/mol. The van der Waals surface area contributed by atoms with E-state index in [1.54, 1.807) is 12.1 Å². The number of aliphatic hydroxyl groups is 1. The van der Waals surface area contributed by atoms with Crippen LogP contribution in [0.1, 0.15) is 37.7 Å². The second-order valence-electron chi connectivity index (χ2n) is 5.05. The summed E-state index contributed by atoms with van der Waals surface area (Å²) in [5, 5.41) is 20.1. The summed E-state index contributed by atoms with van der Waals surface area (Å²) in [5.74, 6) is 0.533. The van der Waals surface area contributed by atoms with E-state index < -0.39 is 4.92 Å². The molecule has 1 aromatic carbocycles. The normalized spacial score (nSPS) is 17.4. The number of rotatable bonds is 4. The fourth-order valence-corrected chi connectivity index (χ4v) is 2.62. The van der Waals surface area contributed by atoms with Gasteiger partial charge in [-0.05, 0) is 42.0 Å². The molecule has 19 heavy (non-hydrogen) atoms. The van der Waals surface area contributed by atoms with Gasteiger partial charge in [-0.25, -0.2) is 0 Å². The van der Waals surface area contributed by atoms with E-state index in [1.807, 2.05) is 0 Å². The van der Waals surface area contributed by atoms with Gasteiger partial charge < -0.3 is 5.11 Å². The summed E-state index contributed by atoms with van der Waals surface area (Å²) in [5.41, 5.74) is 1.83. The Morgan fingerprint density at radius 3 is 2.42 bits per heavy atom. The third-order valence-corrected chi connectivity index (χ3v) is 3.71. The Labute approximate surface area is 112 Å². The molecule has 0 bridgehead atoms. The molecule has 0 spiro atoms. The zero-order chi connectivity index (χ0) is 13.7. The van der Waals surface area contributed by atoms with Gasteiger partial charge in [-0.1, -0.05) is 25.3 Å². The van der Waals surface area contributed by atoms with Crippen molar-refractivity contribution in [2.75, 3.05) is 6.61 Å². The molecule has 1 N–H and O–H groups in total. The smallest absolute Gasteiger partial charge is 0.269 e. The highest BCUT2D eigenvalue weighted by molar-refractivity contribution is 5.67. The third-order valence-electron chi connectivity index (χ3n) is 3.71. The lowest BCUT2D eigenvalue weighted by Gasteiger charge is -2.19. The van der Waals surface area contributed by atoms with Gasteiger partial charge in [-0.3, -0.25) is 10.1 Å². The van der Waals surface area contributed by atoms with Gasteiger partial charge >= 0.3 is 0 Å². The minimum atomic E-state index is -0.409. The number of aliphatic hydroxyl groups excluding tert-OH is 1. The van der Waals surface area contributed by atoms with Gasteiger partial charge in [0.05, 0.1) is 11.5 Å². The van der Waals surface area contributed by atoms with Crippen LogP contribution in [0.25, 0.3) is 5.57 Å². The van der Waals surface area contributed by atoms with E-state index in [-0.39, 0.29) is 12.3 Å². The van der Waals surface area contributed by atoms with E-state index in [2.05, 4.69) is 6.08 Å². The maximum atomic E-state index is 10.6. The van der Waals surface area contributed by atoms with Crippen LogP contribution in [0.15, 0.2) is 30.3 Å². The summed E-state index contributed by atoms with van der Waals surface area (Å²) in [6.45, 7) is -0.0195. The number of nitro groups is 1. The molecule has 1 aliphatic rings. The van der Waals surface area contributed by atoms with Gasteiger partial charge in [0.1, 0.15) is 0 Å². The molecule has 0 radical (unpaired) electrons. The summed E-state index contributed by atoms with van der Waals surface area (Å²) in [7, 11) is 0. The fraction of sp³-hybridized carbons (Fsp3) is 0.467.